The smallest absolute Gasteiger partial charge is 0.257 e. The molecule has 6 heteroatoms. The van der Waals surface area contributed by atoms with Gasteiger partial charge in [-0.3, -0.25) is 14.5 Å². The van der Waals surface area contributed by atoms with E-state index in [1.807, 2.05) is 6.08 Å². The molecule has 0 saturated carbocycles. The molecule has 5 nitrogen and oxygen atoms in total. The van der Waals surface area contributed by atoms with Crippen LogP contribution in [0.1, 0.15) is 10.4 Å². The molecule has 0 fully saturated rings. The molecule has 0 saturated heterocycles. The number of allylic oxidation sites excluding steroid dienone is 1. The van der Waals surface area contributed by atoms with Crippen LogP contribution in [0.3, 0.4) is 0 Å². The van der Waals surface area contributed by atoms with Crippen LogP contribution in [0.2, 0.25) is 0 Å². The van der Waals surface area contributed by atoms with Crippen molar-refractivity contribution in [3.63, 3.8) is 0 Å². The van der Waals surface area contributed by atoms with Gasteiger partial charge in [-0.1, -0.05) is 18.2 Å². The fourth-order valence-corrected chi connectivity index (χ4v) is 2.42. The molecule has 0 bridgehead atoms. The number of para-hydroxylation sites is 1. The van der Waals surface area contributed by atoms with Crippen LogP contribution in [0, 0.1) is 0 Å². The summed E-state index contributed by atoms with van der Waals surface area (Å²) in [7, 11) is 0. The number of amides is 2. The van der Waals surface area contributed by atoms with E-state index in [1.165, 1.54) is 4.90 Å². The summed E-state index contributed by atoms with van der Waals surface area (Å²) >= 11 is 5.71. The number of nitrogens with one attached hydrogen (secondary N) is 2. The third-order valence-electron chi connectivity index (χ3n) is 3.15. The van der Waals surface area contributed by atoms with E-state index in [4.69, 9.17) is 11.6 Å². The lowest BCUT2D eigenvalue weighted by atomic mass is 10.1. The van der Waals surface area contributed by atoms with Crippen LogP contribution in [-0.2, 0) is 4.79 Å². The van der Waals surface area contributed by atoms with E-state index < -0.39 is 0 Å². The standard InChI is InChI=1S/C14H12ClN3O2/c15-8-12(19)18-11-6-2-1-4-9(11)14(20)17-10-5-3-7-16-13(10)18/h1-6,16H,7-8H2,(H,17,20). The maximum absolute atomic E-state index is 12.2. The highest BCUT2D eigenvalue weighted by Crippen LogP contribution is 2.28. The van der Waals surface area contributed by atoms with E-state index in [0.29, 0.717) is 29.3 Å². The first-order chi connectivity index (χ1) is 9.72. The molecule has 2 N–H and O–H groups in total. The number of carbonyl (C=O) groups excluding carboxylic acids is 2. The maximum Gasteiger partial charge on any atom is 0.257 e. The highest BCUT2D eigenvalue weighted by Gasteiger charge is 2.30. The van der Waals surface area contributed by atoms with E-state index in [9.17, 15) is 9.59 Å². The summed E-state index contributed by atoms with van der Waals surface area (Å²) in [5, 5.41) is 5.91. The van der Waals surface area contributed by atoms with Crippen LogP contribution in [0.4, 0.5) is 5.69 Å². The largest absolute Gasteiger partial charge is 0.366 e. The van der Waals surface area contributed by atoms with Crippen molar-refractivity contribution >= 4 is 29.1 Å². The van der Waals surface area contributed by atoms with E-state index in [0.717, 1.165) is 0 Å². The summed E-state index contributed by atoms with van der Waals surface area (Å²) in [6.07, 6.45) is 3.66. The Morgan fingerprint density at radius 3 is 2.95 bits per heavy atom. The molecule has 0 aromatic heterocycles. The Kier molecular flexibility index (Phi) is 3.20. The summed E-state index contributed by atoms with van der Waals surface area (Å²) < 4.78 is 0. The van der Waals surface area contributed by atoms with Crippen LogP contribution in [0.5, 0.6) is 0 Å². The number of rotatable bonds is 1. The zero-order valence-corrected chi connectivity index (χ0v) is 11.3. The fraction of sp³-hybridized carbons (Fsp3) is 0.143. The summed E-state index contributed by atoms with van der Waals surface area (Å²) in [5.74, 6) is -0.140. The number of halogens is 1. The minimum Gasteiger partial charge on any atom is -0.366 e. The molecule has 20 heavy (non-hydrogen) atoms. The number of fused-ring (bicyclic) bond motifs is 1. The van der Waals surface area contributed by atoms with Crippen molar-refractivity contribution in [2.24, 2.45) is 0 Å². The Bertz CT molecular complexity index is 652. The Morgan fingerprint density at radius 1 is 1.35 bits per heavy atom. The van der Waals surface area contributed by atoms with Crippen molar-refractivity contribution in [3.8, 4) is 0 Å². The maximum atomic E-state index is 12.2. The molecule has 2 aliphatic heterocycles. The van der Waals surface area contributed by atoms with Gasteiger partial charge in [-0.15, -0.1) is 11.6 Å². The van der Waals surface area contributed by atoms with Crippen molar-refractivity contribution in [2.75, 3.05) is 17.3 Å². The number of nitrogens with zero attached hydrogens (tertiary/aromatic N) is 1. The molecule has 0 spiro atoms. The predicted molar refractivity (Wildman–Crippen MR) is 76.3 cm³/mol. The van der Waals surface area contributed by atoms with Gasteiger partial charge in [0.15, 0.2) is 0 Å². The molecule has 1 aromatic carbocycles. The second kappa shape index (κ2) is 5.02. The summed E-state index contributed by atoms with van der Waals surface area (Å²) in [6.45, 7) is 0.586. The number of hydrogen-bond acceptors (Lipinski definition) is 3. The van der Waals surface area contributed by atoms with Crippen LogP contribution in [-0.4, -0.2) is 24.2 Å². The van der Waals surface area contributed by atoms with Crippen LogP contribution in [0.25, 0.3) is 0 Å². The SMILES string of the molecule is O=C1NC2=C(NCC=C2)N(C(=O)CCl)c2ccccc21. The Labute approximate surface area is 120 Å². The lowest BCUT2D eigenvalue weighted by Crippen LogP contribution is -2.40. The van der Waals surface area contributed by atoms with E-state index in [-0.39, 0.29) is 17.7 Å². The first-order valence-corrected chi connectivity index (χ1v) is 6.70. The van der Waals surface area contributed by atoms with E-state index in [2.05, 4.69) is 10.6 Å². The highest BCUT2D eigenvalue weighted by molar-refractivity contribution is 6.30. The quantitative estimate of drug-likeness (QED) is 0.767. The molecule has 0 aliphatic carbocycles. The Hall–Kier alpha value is -2.27. The third-order valence-corrected chi connectivity index (χ3v) is 3.38. The number of carbonyl (C=O) groups is 2. The summed E-state index contributed by atoms with van der Waals surface area (Å²) in [4.78, 5) is 25.9. The molecule has 3 rings (SSSR count). The molecule has 1 aromatic rings. The topological polar surface area (TPSA) is 61.4 Å². The van der Waals surface area contributed by atoms with Crippen molar-refractivity contribution in [1.29, 1.82) is 0 Å². The molecule has 0 atom stereocenters. The number of benzene rings is 1. The van der Waals surface area contributed by atoms with Crippen LogP contribution >= 0.6 is 11.6 Å². The first kappa shape index (κ1) is 12.7. The molecular weight excluding hydrogens is 278 g/mol. The molecule has 0 radical (unpaired) electrons. The van der Waals surface area contributed by atoms with Crippen molar-refractivity contribution in [3.05, 3.63) is 53.5 Å². The van der Waals surface area contributed by atoms with Gasteiger partial charge < -0.3 is 10.6 Å². The van der Waals surface area contributed by atoms with Crippen molar-refractivity contribution in [2.45, 2.75) is 0 Å². The zero-order valence-electron chi connectivity index (χ0n) is 10.5. The van der Waals surface area contributed by atoms with Gasteiger partial charge in [0.1, 0.15) is 11.7 Å². The predicted octanol–water partition coefficient (Wildman–Crippen LogP) is 1.33. The van der Waals surface area contributed by atoms with Gasteiger partial charge in [-0.05, 0) is 18.2 Å². The molecule has 2 heterocycles. The van der Waals surface area contributed by atoms with Gasteiger partial charge in [0.25, 0.3) is 5.91 Å². The Balaban J connectivity index is 2.22. The molecule has 0 unspecified atom stereocenters. The number of anilines is 1. The average Bonchev–Trinajstić information content (AvgIpc) is 2.61. The van der Waals surface area contributed by atoms with Crippen LogP contribution in [0.15, 0.2) is 47.9 Å². The molecule has 2 aliphatic rings. The van der Waals surface area contributed by atoms with Gasteiger partial charge in [0.2, 0.25) is 5.91 Å². The zero-order chi connectivity index (χ0) is 14.1. The minimum atomic E-state index is -0.286. The van der Waals surface area contributed by atoms with Gasteiger partial charge in [-0.2, -0.15) is 0 Å². The summed E-state index contributed by atoms with van der Waals surface area (Å²) in [6, 6.07) is 6.96. The van der Waals surface area contributed by atoms with Gasteiger partial charge in [-0.25, -0.2) is 0 Å². The Morgan fingerprint density at radius 2 is 2.15 bits per heavy atom. The first-order valence-electron chi connectivity index (χ1n) is 6.16. The van der Waals surface area contributed by atoms with E-state index in [1.54, 1.807) is 30.3 Å². The second-order valence-electron chi connectivity index (χ2n) is 4.38. The molecule has 2 amide bonds. The number of dihydropyridines is 1. The van der Waals surface area contributed by atoms with E-state index >= 15 is 0 Å². The lowest BCUT2D eigenvalue weighted by Gasteiger charge is -2.27. The lowest BCUT2D eigenvalue weighted by molar-refractivity contribution is -0.115. The second-order valence-corrected chi connectivity index (χ2v) is 4.65. The highest BCUT2D eigenvalue weighted by atomic mass is 35.5. The number of alkyl halides is 1. The molecule has 102 valence electrons. The molecular formula is C14H12ClN3O2. The van der Waals surface area contributed by atoms with Gasteiger partial charge in [0, 0.05) is 6.54 Å². The van der Waals surface area contributed by atoms with Crippen LogP contribution < -0.4 is 15.5 Å². The van der Waals surface area contributed by atoms with Crippen molar-refractivity contribution < 1.29 is 9.59 Å². The minimum absolute atomic E-state index is 0.162. The van der Waals surface area contributed by atoms with Crippen molar-refractivity contribution in [1.82, 2.24) is 10.6 Å². The number of hydrogen-bond donors (Lipinski definition) is 2. The average molecular weight is 290 g/mol. The third kappa shape index (κ3) is 1.96. The monoisotopic (exact) mass is 289 g/mol. The fourth-order valence-electron chi connectivity index (χ4n) is 2.30. The van der Waals surface area contributed by atoms with Gasteiger partial charge in [0.05, 0.1) is 16.9 Å². The normalized spacial score (nSPS) is 16.9. The summed E-state index contributed by atoms with van der Waals surface area (Å²) in [5.41, 5.74) is 1.54. The van der Waals surface area contributed by atoms with Gasteiger partial charge >= 0.3 is 0 Å².